The number of rotatable bonds is 2. The number of likely N-dealkylation sites (N-methyl/N-ethyl adjacent to an activating group) is 1. The first-order valence-electron chi connectivity index (χ1n) is 5.10. The Morgan fingerprint density at radius 2 is 2.29 bits per heavy atom. The molecule has 1 atom stereocenters. The van der Waals surface area contributed by atoms with E-state index in [2.05, 4.69) is 10.0 Å². The molecule has 1 unspecified atom stereocenters. The molecule has 1 amide bonds. The predicted octanol–water partition coefficient (Wildman–Crippen LogP) is 2.37. The van der Waals surface area contributed by atoms with E-state index in [0.29, 0.717) is 11.3 Å². The van der Waals surface area contributed by atoms with Crippen molar-refractivity contribution in [1.29, 1.82) is 0 Å². The number of nitrogens with zero attached hydrogens (tertiary/aromatic N) is 4. The number of benzene rings is 1. The summed E-state index contributed by atoms with van der Waals surface area (Å²) in [6.45, 7) is 1.73. The van der Waals surface area contributed by atoms with Crippen molar-refractivity contribution in [2.75, 3.05) is 18.5 Å². The molecule has 88 valence electrons. The lowest BCUT2D eigenvalue weighted by Crippen LogP contribution is -2.38. The van der Waals surface area contributed by atoms with Crippen molar-refractivity contribution < 1.29 is 9.18 Å². The van der Waals surface area contributed by atoms with E-state index in [1.54, 1.807) is 20.0 Å². The summed E-state index contributed by atoms with van der Waals surface area (Å²) < 4.78 is 13.1. The highest BCUT2D eigenvalue weighted by Gasteiger charge is 2.45. The topological polar surface area (TPSA) is 69.1 Å². The van der Waals surface area contributed by atoms with Gasteiger partial charge >= 0.3 is 0 Å². The molecule has 0 saturated heterocycles. The summed E-state index contributed by atoms with van der Waals surface area (Å²) in [7, 11) is 1.59. The third-order valence-electron chi connectivity index (χ3n) is 3.14. The van der Waals surface area contributed by atoms with Crippen LogP contribution in [0.2, 0.25) is 0 Å². The number of amides is 1. The molecule has 0 aliphatic carbocycles. The molecule has 0 bridgehead atoms. The zero-order chi connectivity index (χ0) is 12.6. The van der Waals surface area contributed by atoms with Crippen LogP contribution in [-0.2, 0) is 10.2 Å². The van der Waals surface area contributed by atoms with Crippen molar-refractivity contribution in [3.8, 4) is 0 Å². The molecule has 17 heavy (non-hydrogen) atoms. The van der Waals surface area contributed by atoms with Crippen molar-refractivity contribution >= 4 is 11.6 Å². The highest BCUT2D eigenvalue weighted by molar-refractivity contribution is 6.07. The Balaban J connectivity index is 2.58. The third kappa shape index (κ3) is 1.54. The maximum Gasteiger partial charge on any atom is 0.237 e. The SMILES string of the molecule is CN1C(=O)C(C)(CN=[N+]=[N-])c2ccc(F)cc21. The zero-order valence-electron chi connectivity index (χ0n) is 9.51. The second-order valence-electron chi connectivity index (χ2n) is 4.25. The Bertz CT molecular complexity index is 538. The van der Waals surface area contributed by atoms with Gasteiger partial charge in [0.25, 0.3) is 0 Å². The number of anilines is 1. The number of azide groups is 1. The minimum Gasteiger partial charge on any atom is -0.314 e. The third-order valence-corrected chi connectivity index (χ3v) is 3.14. The number of carbonyl (C=O) groups is 1. The number of fused-ring (bicyclic) bond motifs is 1. The Morgan fingerprint density at radius 1 is 1.59 bits per heavy atom. The molecule has 0 fully saturated rings. The monoisotopic (exact) mass is 234 g/mol. The van der Waals surface area contributed by atoms with Crippen LogP contribution in [-0.4, -0.2) is 19.5 Å². The average Bonchev–Trinajstić information content (AvgIpc) is 2.50. The van der Waals surface area contributed by atoms with Gasteiger partial charge in [0.2, 0.25) is 5.91 Å². The van der Waals surface area contributed by atoms with Crippen LogP contribution in [0, 0.1) is 5.82 Å². The molecule has 6 heteroatoms. The first kappa shape index (κ1) is 11.4. The van der Waals surface area contributed by atoms with E-state index in [1.807, 2.05) is 0 Å². The van der Waals surface area contributed by atoms with Crippen LogP contribution in [0.5, 0.6) is 0 Å². The van der Waals surface area contributed by atoms with Gasteiger partial charge in [0.1, 0.15) is 5.82 Å². The van der Waals surface area contributed by atoms with Gasteiger partial charge in [-0.05, 0) is 30.2 Å². The maximum atomic E-state index is 13.1. The smallest absolute Gasteiger partial charge is 0.237 e. The van der Waals surface area contributed by atoms with Gasteiger partial charge in [0.05, 0.1) is 11.1 Å². The van der Waals surface area contributed by atoms with E-state index in [1.165, 1.54) is 17.0 Å². The Kier molecular flexibility index (Phi) is 2.52. The van der Waals surface area contributed by atoms with Crippen LogP contribution >= 0.6 is 0 Å². The van der Waals surface area contributed by atoms with Gasteiger partial charge in [-0.15, -0.1) is 0 Å². The van der Waals surface area contributed by atoms with E-state index in [4.69, 9.17) is 5.53 Å². The number of carbonyl (C=O) groups excluding carboxylic acids is 1. The van der Waals surface area contributed by atoms with Crippen molar-refractivity contribution in [3.63, 3.8) is 0 Å². The van der Waals surface area contributed by atoms with Crippen molar-refractivity contribution in [3.05, 3.63) is 40.0 Å². The molecule has 2 rings (SSSR count). The van der Waals surface area contributed by atoms with Gasteiger partial charge < -0.3 is 4.90 Å². The summed E-state index contributed by atoms with van der Waals surface area (Å²) in [6, 6.07) is 4.19. The molecular formula is C11H11FN4O. The lowest BCUT2D eigenvalue weighted by atomic mass is 9.84. The summed E-state index contributed by atoms with van der Waals surface area (Å²) >= 11 is 0. The van der Waals surface area contributed by atoms with E-state index >= 15 is 0 Å². The Hall–Kier alpha value is -2.07. The minimum absolute atomic E-state index is 0.0330. The molecule has 0 radical (unpaired) electrons. The maximum absolute atomic E-state index is 13.1. The first-order valence-corrected chi connectivity index (χ1v) is 5.10. The molecule has 0 saturated carbocycles. The normalized spacial score (nSPS) is 22.3. The number of hydrogen-bond donors (Lipinski definition) is 0. The van der Waals surface area contributed by atoms with Gasteiger partial charge in [-0.3, -0.25) is 4.79 Å². The highest BCUT2D eigenvalue weighted by atomic mass is 19.1. The standard InChI is InChI=1S/C11H11FN4O/c1-11(6-14-15-13)8-4-3-7(12)5-9(8)16(2)10(11)17/h3-5H,6H2,1-2H3. The van der Waals surface area contributed by atoms with Crippen LogP contribution in [0.25, 0.3) is 10.4 Å². The molecule has 1 aliphatic heterocycles. The van der Waals surface area contributed by atoms with Crippen molar-refractivity contribution in [2.45, 2.75) is 12.3 Å². The Morgan fingerprint density at radius 3 is 2.94 bits per heavy atom. The van der Waals surface area contributed by atoms with E-state index in [-0.39, 0.29) is 12.5 Å². The molecule has 1 aromatic rings. The summed E-state index contributed by atoms with van der Waals surface area (Å²) in [5.41, 5.74) is 8.69. The number of halogens is 1. The predicted molar refractivity (Wildman–Crippen MR) is 61.2 cm³/mol. The van der Waals surface area contributed by atoms with E-state index in [0.717, 1.165) is 0 Å². The van der Waals surface area contributed by atoms with Crippen LogP contribution < -0.4 is 4.90 Å². The molecule has 1 aliphatic rings. The van der Waals surface area contributed by atoms with Gasteiger partial charge in [-0.2, -0.15) is 0 Å². The minimum atomic E-state index is -0.899. The summed E-state index contributed by atoms with van der Waals surface area (Å²) in [5, 5.41) is 3.47. The zero-order valence-corrected chi connectivity index (χ0v) is 9.51. The van der Waals surface area contributed by atoms with Gasteiger partial charge in [0, 0.05) is 18.5 Å². The molecule has 1 aromatic carbocycles. The van der Waals surface area contributed by atoms with E-state index in [9.17, 15) is 9.18 Å². The molecule has 5 nitrogen and oxygen atoms in total. The van der Waals surface area contributed by atoms with Crippen LogP contribution in [0.15, 0.2) is 23.3 Å². The lowest BCUT2D eigenvalue weighted by molar-refractivity contribution is -0.122. The van der Waals surface area contributed by atoms with Gasteiger partial charge in [-0.1, -0.05) is 11.2 Å². The molecule has 0 N–H and O–H groups in total. The number of hydrogen-bond acceptors (Lipinski definition) is 2. The fourth-order valence-corrected chi connectivity index (χ4v) is 2.17. The summed E-state index contributed by atoms with van der Waals surface area (Å²) in [4.78, 5) is 16.2. The molecule has 0 aromatic heterocycles. The highest BCUT2D eigenvalue weighted by Crippen LogP contribution is 2.41. The van der Waals surface area contributed by atoms with Gasteiger partial charge in [-0.25, -0.2) is 4.39 Å². The Labute approximate surface area is 97.5 Å². The fourth-order valence-electron chi connectivity index (χ4n) is 2.17. The largest absolute Gasteiger partial charge is 0.314 e. The average molecular weight is 234 g/mol. The molecule has 1 heterocycles. The van der Waals surface area contributed by atoms with E-state index < -0.39 is 11.2 Å². The fraction of sp³-hybridized carbons (Fsp3) is 0.364. The quantitative estimate of drug-likeness (QED) is 0.440. The van der Waals surface area contributed by atoms with Gasteiger partial charge in [0.15, 0.2) is 0 Å². The van der Waals surface area contributed by atoms with Crippen molar-refractivity contribution in [1.82, 2.24) is 0 Å². The van der Waals surface area contributed by atoms with Crippen LogP contribution in [0.1, 0.15) is 12.5 Å². The lowest BCUT2D eigenvalue weighted by Gasteiger charge is -2.20. The van der Waals surface area contributed by atoms with Crippen LogP contribution in [0.4, 0.5) is 10.1 Å². The van der Waals surface area contributed by atoms with Crippen molar-refractivity contribution in [2.24, 2.45) is 5.11 Å². The second kappa shape index (κ2) is 3.75. The molecule has 0 spiro atoms. The summed E-state index contributed by atoms with van der Waals surface area (Å²) in [6.07, 6.45) is 0. The van der Waals surface area contributed by atoms with Crippen LogP contribution in [0.3, 0.4) is 0 Å². The molecular weight excluding hydrogens is 223 g/mol. The second-order valence-corrected chi connectivity index (χ2v) is 4.25. The summed E-state index contributed by atoms with van der Waals surface area (Å²) in [5.74, 6) is -0.582. The first-order chi connectivity index (χ1) is 8.00.